The van der Waals surface area contributed by atoms with Gasteiger partial charge in [-0.2, -0.15) is 0 Å². The van der Waals surface area contributed by atoms with Crippen molar-refractivity contribution >= 4 is 10.2 Å². The molecule has 2 nitrogen and oxygen atoms in total. The van der Waals surface area contributed by atoms with E-state index in [0.29, 0.717) is 5.22 Å². The fraction of sp³-hybridized carbons (Fsp3) is 1.00. The van der Waals surface area contributed by atoms with E-state index in [1.54, 1.807) is 0 Å². The lowest BCUT2D eigenvalue weighted by molar-refractivity contribution is -0.0237. The van der Waals surface area contributed by atoms with Crippen molar-refractivity contribution in [2.24, 2.45) is 0 Å². The summed E-state index contributed by atoms with van der Waals surface area (Å²) in [6.07, 6.45) is 8.00. The summed E-state index contributed by atoms with van der Waals surface area (Å²) in [5.74, 6) is 0. The van der Waals surface area contributed by atoms with E-state index in [4.69, 9.17) is 4.74 Å². The van der Waals surface area contributed by atoms with Gasteiger partial charge in [-0.15, -0.1) is 0 Å². The molecule has 3 heteroatoms. The Labute approximate surface area is 79.1 Å². The number of ether oxygens (including phenoxy) is 1. The summed E-state index contributed by atoms with van der Waals surface area (Å²) in [5, 5.41) is 0.369. The van der Waals surface area contributed by atoms with Crippen LogP contribution in [0.3, 0.4) is 0 Å². The highest BCUT2D eigenvalue weighted by Crippen LogP contribution is 2.26. The van der Waals surface area contributed by atoms with E-state index in [2.05, 4.69) is 6.92 Å². The van der Waals surface area contributed by atoms with Gasteiger partial charge in [0.1, 0.15) is 0 Å². The van der Waals surface area contributed by atoms with Crippen LogP contribution in [-0.2, 0) is 4.74 Å². The van der Waals surface area contributed by atoms with Gasteiger partial charge in [0.05, 0.1) is 0 Å². The molecule has 0 aromatic carbocycles. The Bertz CT molecular complexity index is 113. The minimum Gasteiger partial charge on any atom is -0.380 e. The van der Waals surface area contributed by atoms with E-state index < -0.39 is 0 Å². The van der Waals surface area contributed by atoms with Crippen LogP contribution in [0, 0.1) is 0 Å². The molecule has 0 aliphatic carbocycles. The first-order valence-corrected chi connectivity index (χ1v) is 5.91. The largest absolute Gasteiger partial charge is 0.380 e. The summed E-state index contributed by atoms with van der Waals surface area (Å²) in [6.45, 7) is 3.28. The number of hydrogen-bond acceptors (Lipinski definition) is 2. The quantitative estimate of drug-likeness (QED) is 0.685. The second kappa shape index (κ2) is 5.73. The van der Waals surface area contributed by atoms with Crippen molar-refractivity contribution in [3.8, 4) is 0 Å². The van der Waals surface area contributed by atoms with Crippen molar-refractivity contribution in [2.75, 3.05) is 6.61 Å². The predicted molar refractivity (Wildman–Crippen MR) is 57.0 cm³/mol. The topological polar surface area (TPSA) is 44.2 Å². The second-order valence-corrected chi connectivity index (χ2v) is 5.68. The molecule has 74 valence electrons. The van der Waals surface area contributed by atoms with Gasteiger partial charge in [-0.25, -0.2) is 0 Å². The van der Waals surface area contributed by atoms with Gasteiger partial charge in [-0.05, 0) is 25.7 Å². The Hall–Kier alpha value is 0.137. The van der Waals surface area contributed by atoms with E-state index in [1.165, 1.54) is 48.8 Å². The van der Waals surface area contributed by atoms with Gasteiger partial charge in [0.15, 0.2) is 0 Å². The van der Waals surface area contributed by atoms with Gasteiger partial charge in [0.2, 0.25) is 0 Å². The molecule has 12 heavy (non-hydrogen) atoms. The zero-order chi connectivity index (χ0) is 8.16. The van der Waals surface area contributed by atoms with E-state index in [-0.39, 0.29) is 6.15 Å². The fourth-order valence-electron chi connectivity index (χ4n) is 1.74. The highest BCUT2D eigenvalue weighted by atomic mass is 28.1. The van der Waals surface area contributed by atoms with Crippen molar-refractivity contribution in [1.29, 1.82) is 0 Å². The first-order chi connectivity index (χ1) is 5.27. The summed E-state index contributed by atoms with van der Waals surface area (Å²) in [4.78, 5) is 0. The van der Waals surface area contributed by atoms with E-state index in [1.807, 2.05) is 0 Å². The zero-order valence-electron chi connectivity index (χ0n) is 8.57. The molecule has 1 rings (SSSR count). The van der Waals surface area contributed by atoms with Crippen molar-refractivity contribution in [2.45, 2.75) is 50.7 Å². The molecular formula is C9H23NOSi. The number of hydrogen-bond donors (Lipinski definition) is 1. The minimum atomic E-state index is 0. The molecule has 1 unspecified atom stereocenters. The van der Waals surface area contributed by atoms with E-state index in [0.717, 1.165) is 6.61 Å². The van der Waals surface area contributed by atoms with Gasteiger partial charge >= 0.3 is 0 Å². The first kappa shape index (κ1) is 12.1. The molecule has 1 atom stereocenters. The molecule has 1 saturated heterocycles. The monoisotopic (exact) mass is 189 g/mol. The second-order valence-electron chi connectivity index (χ2n) is 3.86. The molecular weight excluding hydrogens is 166 g/mol. The van der Waals surface area contributed by atoms with Crippen molar-refractivity contribution in [3.63, 3.8) is 0 Å². The van der Waals surface area contributed by atoms with Crippen molar-refractivity contribution in [1.82, 2.24) is 6.15 Å². The smallest absolute Gasteiger partial charge is 0.0486 e. The van der Waals surface area contributed by atoms with Crippen LogP contribution in [-0.4, -0.2) is 22.1 Å². The molecule has 1 heterocycles. The summed E-state index contributed by atoms with van der Waals surface area (Å²) >= 11 is 0. The van der Waals surface area contributed by atoms with Crippen LogP contribution in [0.4, 0.5) is 0 Å². The highest BCUT2D eigenvalue weighted by Gasteiger charge is 2.26. The van der Waals surface area contributed by atoms with E-state index in [9.17, 15) is 0 Å². The molecule has 3 N–H and O–H groups in total. The molecule has 0 aromatic heterocycles. The fourth-order valence-corrected chi connectivity index (χ4v) is 2.65. The Balaban J connectivity index is 0.00000121. The van der Waals surface area contributed by atoms with Gasteiger partial charge in [-0.3, -0.25) is 0 Å². The Kier molecular flexibility index (Phi) is 5.79. The Morgan fingerprint density at radius 1 is 1.42 bits per heavy atom. The Morgan fingerprint density at radius 3 is 2.67 bits per heavy atom. The molecule has 1 fully saturated rings. The zero-order valence-corrected chi connectivity index (χ0v) is 10.6. The summed E-state index contributed by atoms with van der Waals surface area (Å²) in [7, 11) is 1.22. The molecule has 1 aliphatic rings. The van der Waals surface area contributed by atoms with Gasteiger partial charge < -0.3 is 10.9 Å². The maximum atomic E-state index is 5.83. The third kappa shape index (κ3) is 3.69. The lowest BCUT2D eigenvalue weighted by atomic mass is 10.0. The highest BCUT2D eigenvalue weighted by molar-refractivity contribution is 6.14. The number of rotatable bonds is 3. The molecule has 0 spiro atoms. The van der Waals surface area contributed by atoms with Gasteiger partial charge in [0, 0.05) is 22.1 Å². The molecule has 0 bridgehead atoms. The van der Waals surface area contributed by atoms with E-state index >= 15 is 0 Å². The van der Waals surface area contributed by atoms with Crippen LogP contribution in [0.1, 0.15) is 45.4 Å². The van der Waals surface area contributed by atoms with Crippen LogP contribution in [0.5, 0.6) is 0 Å². The molecule has 1 aliphatic heterocycles. The predicted octanol–water partition coefficient (Wildman–Crippen LogP) is 1.60. The molecule has 0 saturated carbocycles. The lowest BCUT2D eigenvalue weighted by Gasteiger charge is -2.34. The van der Waals surface area contributed by atoms with Gasteiger partial charge in [-0.1, -0.05) is 19.8 Å². The summed E-state index contributed by atoms with van der Waals surface area (Å²) in [6, 6.07) is 0. The van der Waals surface area contributed by atoms with Crippen molar-refractivity contribution < 1.29 is 4.74 Å². The SMILES string of the molecule is CCCCC1([SiH3])CCCCO1.N. The average Bonchev–Trinajstić information content (AvgIpc) is 2.03. The van der Waals surface area contributed by atoms with Crippen LogP contribution in [0.2, 0.25) is 0 Å². The average molecular weight is 189 g/mol. The first-order valence-electron chi connectivity index (χ1n) is 4.91. The standard InChI is InChI=1S/C9H20OSi.H3N/c1-2-3-6-9(11)7-4-5-8-10-9;/h2-8H2,1,11H3;1H3. The molecule has 0 aromatic rings. The Morgan fingerprint density at radius 2 is 2.17 bits per heavy atom. The summed E-state index contributed by atoms with van der Waals surface area (Å²) in [5.41, 5.74) is 0. The molecule has 0 radical (unpaired) electrons. The normalized spacial score (nSPS) is 29.8. The molecule has 0 amide bonds. The van der Waals surface area contributed by atoms with Crippen LogP contribution >= 0.6 is 0 Å². The summed E-state index contributed by atoms with van der Waals surface area (Å²) < 4.78 is 5.83. The maximum Gasteiger partial charge on any atom is 0.0486 e. The van der Waals surface area contributed by atoms with Crippen molar-refractivity contribution in [3.05, 3.63) is 0 Å². The third-order valence-corrected chi connectivity index (χ3v) is 3.90. The third-order valence-electron chi connectivity index (χ3n) is 2.61. The van der Waals surface area contributed by atoms with Crippen LogP contribution in [0.25, 0.3) is 0 Å². The number of unbranched alkanes of at least 4 members (excludes halogenated alkanes) is 1. The minimum absolute atomic E-state index is 0. The van der Waals surface area contributed by atoms with Crippen LogP contribution in [0.15, 0.2) is 0 Å². The van der Waals surface area contributed by atoms with Gasteiger partial charge in [0.25, 0.3) is 0 Å². The van der Waals surface area contributed by atoms with Crippen LogP contribution < -0.4 is 6.15 Å². The lowest BCUT2D eigenvalue weighted by Crippen LogP contribution is -2.36. The maximum absolute atomic E-state index is 5.83.